The zero-order valence-corrected chi connectivity index (χ0v) is 20.4. The molecule has 6 heteroatoms. The van der Waals surface area contributed by atoms with Gasteiger partial charge in [0, 0.05) is 12.1 Å². The summed E-state index contributed by atoms with van der Waals surface area (Å²) >= 11 is 5.33. The molecular formula is C28H32N2O3S. The fourth-order valence-corrected chi connectivity index (χ4v) is 3.60. The lowest BCUT2D eigenvalue weighted by atomic mass is 10.2. The first kappa shape index (κ1) is 25.2. The maximum Gasteiger partial charge on any atom is 0.261 e. The Balaban J connectivity index is 1.45. The highest BCUT2D eigenvalue weighted by atomic mass is 32.1. The summed E-state index contributed by atoms with van der Waals surface area (Å²) in [6, 6.07) is 24.9. The van der Waals surface area contributed by atoms with Crippen LogP contribution in [0.4, 0.5) is 5.69 Å². The zero-order chi connectivity index (χ0) is 24.0. The Morgan fingerprint density at radius 3 is 2.32 bits per heavy atom. The summed E-state index contributed by atoms with van der Waals surface area (Å²) in [5.74, 6) is 1.04. The van der Waals surface area contributed by atoms with Crippen molar-refractivity contribution in [2.24, 2.45) is 0 Å². The van der Waals surface area contributed by atoms with Crippen molar-refractivity contribution in [3.63, 3.8) is 0 Å². The van der Waals surface area contributed by atoms with Gasteiger partial charge in [-0.3, -0.25) is 10.1 Å². The first-order valence-corrected chi connectivity index (χ1v) is 12.2. The van der Waals surface area contributed by atoms with Crippen molar-refractivity contribution in [2.45, 2.75) is 39.0 Å². The molecule has 0 atom stereocenters. The van der Waals surface area contributed by atoms with Crippen LogP contribution in [0.25, 0.3) is 0 Å². The first-order valence-electron chi connectivity index (χ1n) is 11.8. The zero-order valence-electron chi connectivity index (χ0n) is 19.6. The number of rotatable bonds is 12. The number of ether oxygens (including phenoxy) is 2. The molecule has 0 saturated carbocycles. The van der Waals surface area contributed by atoms with Crippen molar-refractivity contribution in [3.05, 3.63) is 90.0 Å². The minimum atomic E-state index is -0.303. The van der Waals surface area contributed by atoms with Gasteiger partial charge in [0.15, 0.2) is 5.11 Å². The van der Waals surface area contributed by atoms with E-state index in [-0.39, 0.29) is 11.0 Å². The van der Waals surface area contributed by atoms with Gasteiger partial charge in [0.2, 0.25) is 0 Å². The molecule has 3 aromatic carbocycles. The van der Waals surface area contributed by atoms with Crippen LogP contribution < -0.4 is 20.1 Å². The largest absolute Gasteiger partial charge is 0.493 e. The van der Waals surface area contributed by atoms with Gasteiger partial charge >= 0.3 is 0 Å². The minimum Gasteiger partial charge on any atom is -0.493 e. The van der Waals surface area contributed by atoms with Crippen LogP contribution in [0, 0.1) is 0 Å². The van der Waals surface area contributed by atoms with E-state index in [1.807, 2.05) is 60.7 Å². The van der Waals surface area contributed by atoms with Gasteiger partial charge in [0.25, 0.3) is 5.91 Å². The average Bonchev–Trinajstić information content (AvgIpc) is 2.86. The molecular weight excluding hydrogens is 444 g/mol. The quantitative estimate of drug-likeness (QED) is 0.234. The number of unbranched alkanes of at least 4 members (excludes halogenated alkanes) is 3. The van der Waals surface area contributed by atoms with Crippen LogP contribution in [0.1, 0.15) is 48.5 Å². The third-order valence-corrected chi connectivity index (χ3v) is 5.43. The van der Waals surface area contributed by atoms with Crippen molar-refractivity contribution in [3.8, 4) is 11.5 Å². The number of hydrogen-bond acceptors (Lipinski definition) is 4. The fourth-order valence-electron chi connectivity index (χ4n) is 3.39. The fraction of sp³-hybridized carbons (Fsp3) is 0.286. The summed E-state index contributed by atoms with van der Waals surface area (Å²) in [6.45, 7) is 3.37. The number of anilines is 1. The number of carbonyl (C=O) groups excluding carboxylic acids is 1. The summed E-state index contributed by atoms with van der Waals surface area (Å²) in [4.78, 5) is 12.8. The lowest BCUT2D eigenvalue weighted by Crippen LogP contribution is -2.34. The molecule has 1 amide bonds. The van der Waals surface area contributed by atoms with Crippen LogP contribution in [0.2, 0.25) is 0 Å². The van der Waals surface area contributed by atoms with E-state index in [1.54, 1.807) is 6.07 Å². The number of hydrogen-bond donors (Lipinski definition) is 2. The molecule has 2 N–H and O–H groups in total. The average molecular weight is 477 g/mol. The summed E-state index contributed by atoms with van der Waals surface area (Å²) < 4.78 is 11.7. The van der Waals surface area contributed by atoms with Crippen molar-refractivity contribution in [1.82, 2.24) is 5.32 Å². The lowest BCUT2D eigenvalue weighted by Gasteiger charge is -2.13. The van der Waals surface area contributed by atoms with Gasteiger partial charge in [-0.25, -0.2) is 0 Å². The number of amides is 1. The summed E-state index contributed by atoms with van der Waals surface area (Å²) in [5, 5.41) is 6.00. The normalized spacial score (nSPS) is 10.4. The molecule has 0 spiro atoms. The summed E-state index contributed by atoms with van der Waals surface area (Å²) in [5.41, 5.74) is 2.47. The maximum absolute atomic E-state index is 12.8. The molecule has 178 valence electrons. The molecule has 34 heavy (non-hydrogen) atoms. The topological polar surface area (TPSA) is 59.6 Å². The minimum absolute atomic E-state index is 0.223. The number of thiocarbonyl (C=S) groups is 1. The number of para-hydroxylation sites is 1. The Labute approximate surface area is 207 Å². The molecule has 0 fully saturated rings. The molecule has 0 bridgehead atoms. The van der Waals surface area contributed by atoms with E-state index in [4.69, 9.17) is 21.7 Å². The van der Waals surface area contributed by atoms with Crippen LogP contribution in [0.3, 0.4) is 0 Å². The third-order valence-electron chi connectivity index (χ3n) is 5.23. The third kappa shape index (κ3) is 8.52. The van der Waals surface area contributed by atoms with Gasteiger partial charge in [-0.05, 0) is 60.6 Å². The predicted octanol–water partition coefficient (Wildman–Crippen LogP) is 6.39. The van der Waals surface area contributed by atoms with E-state index in [9.17, 15) is 4.79 Å². The first-order chi connectivity index (χ1) is 16.7. The molecule has 0 aliphatic rings. The second-order valence-electron chi connectivity index (χ2n) is 7.92. The van der Waals surface area contributed by atoms with Gasteiger partial charge in [0.05, 0.1) is 18.8 Å². The van der Waals surface area contributed by atoms with Crippen LogP contribution in [-0.4, -0.2) is 24.2 Å². The molecule has 0 aliphatic heterocycles. The van der Waals surface area contributed by atoms with Gasteiger partial charge in [-0.2, -0.15) is 0 Å². The standard InChI is InChI=1S/C28H32N2O3S/c1-2-3-4-10-20-33-26-14-9-8-13-25(26)27(31)30-28(34)29-23-15-17-24(18-16-23)32-21-19-22-11-6-5-7-12-22/h5-9,11-18H,2-4,10,19-21H2,1H3,(H2,29,30,31,34). The highest BCUT2D eigenvalue weighted by Gasteiger charge is 2.13. The Morgan fingerprint density at radius 2 is 1.56 bits per heavy atom. The monoisotopic (exact) mass is 476 g/mol. The maximum atomic E-state index is 12.8. The number of benzene rings is 3. The van der Waals surface area contributed by atoms with Gasteiger partial charge in [-0.15, -0.1) is 0 Å². The molecule has 0 unspecified atom stereocenters. The van der Waals surface area contributed by atoms with Crippen molar-refractivity contribution < 1.29 is 14.3 Å². The summed E-state index contributed by atoms with van der Waals surface area (Å²) in [6.07, 6.45) is 5.30. The van der Waals surface area contributed by atoms with Crippen LogP contribution in [-0.2, 0) is 6.42 Å². The van der Waals surface area contributed by atoms with Gasteiger partial charge < -0.3 is 14.8 Å². The van der Waals surface area contributed by atoms with Crippen molar-refractivity contribution >= 4 is 28.9 Å². The van der Waals surface area contributed by atoms with Crippen molar-refractivity contribution in [1.29, 1.82) is 0 Å². The lowest BCUT2D eigenvalue weighted by molar-refractivity contribution is 0.0973. The molecule has 5 nitrogen and oxygen atoms in total. The van der Waals surface area contributed by atoms with Gasteiger partial charge in [0.1, 0.15) is 11.5 Å². The molecule has 0 aliphatic carbocycles. The molecule has 0 heterocycles. The van der Waals surface area contributed by atoms with E-state index < -0.39 is 0 Å². The summed E-state index contributed by atoms with van der Waals surface area (Å²) in [7, 11) is 0. The van der Waals surface area contributed by atoms with E-state index in [1.165, 1.54) is 18.4 Å². The molecule has 0 aromatic heterocycles. The van der Waals surface area contributed by atoms with Crippen LogP contribution >= 0.6 is 12.2 Å². The van der Waals surface area contributed by atoms with Gasteiger partial charge in [-0.1, -0.05) is 68.7 Å². The molecule has 3 aromatic rings. The number of nitrogens with one attached hydrogen (secondary N) is 2. The molecule has 0 saturated heterocycles. The Bertz CT molecular complexity index is 1040. The Hall–Kier alpha value is -3.38. The second kappa shape index (κ2) is 14.0. The van der Waals surface area contributed by atoms with E-state index in [0.717, 1.165) is 30.7 Å². The smallest absolute Gasteiger partial charge is 0.261 e. The molecule has 3 rings (SSSR count). The van der Waals surface area contributed by atoms with Crippen LogP contribution in [0.15, 0.2) is 78.9 Å². The Kier molecular flexibility index (Phi) is 10.4. The van der Waals surface area contributed by atoms with E-state index in [0.29, 0.717) is 24.5 Å². The van der Waals surface area contributed by atoms with E-state index >= 15 is 0 Å². The molecule has 0 radical (unpaired) electrons. The highest BCUT2D eigenvalue weighted by Crippen LogP contribution is 2.19. The van der Waals surface area contributed by atoms with Crippen molar-refractivity contribution in [2.75, 3.05) is 18.5 Å². The predicted molar refractivity (Wildman–Crippen MR) is 142 cm³/mol. The second-order valence-corrected chi connectivity index (χ2v) is 8.33. The number of carbonyl (C=O) groups is 1. The Morgan fingerprint density at radius 1 is 0.824 bits per heavy atom. The van der Waals surface area contributed by atoms with E-state index in [2.05, 4.69) is 29.7 Å². The highest BCUT2D eigenvalue weighted by molar-refractivity contribution is 7.80. The van der Waals surface area contributed by atoms with Crippen LogP contribution in [0.5, 0.6) is 11.5 Å². The SMILES string of the molecule is CCCCCCOc1ccccc1C(=O)NC(=S)Nc1ccc(OCCc2ccccc2)cc1.